The van der Waals surface area contributed by atoms with Crippen molar-refractivity contribution in [1.82, 2.24) is 0 Å². The third-order valence-electron chi connectivity index (χ3n) is 5.78. The van der Waals surface area contributed by atoms with Crippen LogP contribution in [0.25, 0.3) is 0 Å². The monoisotopic (exact) mass is 822 g/mol. The quantitative estimate of drug-likeness (QED) is 0.0582. The fourth-order valence-electron chi connectivity index (χ4n) is 3.90. The van der Waals surface area contributed by atoms with E-state index in [2.05, 4.69) is 48.5 Å². The molecule has 0 aliphatic rings. The van der Waals surface area contributed by atoms with Crippen molar-refractivity contribution in [2.45, 2.75) is 145 Å². The molecule has 0 aliphatic heterocycles. The number of carbonyl (C=O) groups is 1. The standard InChI is InChI=1S/C29H61O8P3S6/c1-14-24(8)33-39(42,45-19-27(11)36-38(41,32-23(6)7)44-16-15-29(30)31-13)37-28(12)20-46-40(43,34-25(9)17-21(2)3)35-26(10)18-22(4)5/h21-28H,14-20H2,1-13H3. The average molecular weight is 823 g/mol. The largest absolute Gasteiger partial charge is 0.469 e. The van der Waals surface area contributed by atoms with E-state index in [1.54, 1.807) is 0 Å². The number of hydrogen-bond acceptors (Lipinski definition) is 14. The van der Waals surface area contributed by atoms with Gasteiger partial charge in [-0.05, 0) is 115 Å². The summed E-state index contributed by atoms with van der Waals surface area (Å²) in [6.07, 6.45) is 2.14. The molecule has 0 N–H and O–H groups in total. The maximum Gasteiger partial charge on any atom is 0.306 e. The number of methoxy groups -OCH3 is 1. The third kappa shape index (κ3) is 23.7. The molecule has 0 amide bonds. The van der Waals surface area contributed by atoms with E-state index in [0.29, 0.717) is 29.1 Å². The molecule has 17 heteroatoms. The molecule has 0 heterocycles. The van der Waals surface area contributed by atoms with Gasteiger partial charge in [-0.1, -0.05) is 68.8 Å². The van der Waals surface area contributed by atoms with Crippen LogP contribution in [-0.2, 0) is 72.1 Å². The average Bonchev–Trinajstić information content (AvgIpc) is 2.88. The number of rotatable bonds is 27. The summed E-state index contributed by atoms with van der Waals surface area (Å²) in [5.74, 6) is 2.22. The number of hydrogen-bond donors (Lipinski definition) is 0. The fraction of sp³-hybridized carbons (Fsp3) is 0.966. The molecule has 7 atom stereocenters. The lowest BCUT2D eigenvalue weighted by Crippen LogP contribution is -2.17. The Kier molecular flexibility index (Phi) is 25.7. The van der Waals surface area contributed by atoms with Crippen LogP contribution in [0.4, 0.5) is 0 Å². The summed E-state index contributed by atoms with van der Waals surface area (Å²) in [6, 6.07) is 0. The van der Waals surface area contributed by atoms with E-state index >= 15 is 0 Å². The molecule has 276 valence electrons. The highest BCUT2D eigenvalue weighted by molar-refractivity contribution is 8.68. The second-order valence-electron chi connectivity index (χ2n) is 12.5. The van der Waals surface area contributed by atoms with Crippen LogP contribution < -0.4 is 0 Å². The molecule has 8 nitrogen and oxygen atoms in total. The van der Waals surface area contributed by atoms with Gasteiger partial charge in [0.25, 0.3) is 0 Å². The molecule has 0 aromatic carbocycles. The second-order valence-corrected chi connectivity index (χ2v) is 31.3. The van der Waals surface area contributed by atoms with Gasteiger partial charge >= 0.3 is 5.97 Å². The van der Waals surface area contributed by atoms with Crippen molar-refractivity contribution in [3.05, 3.63) is 0 Å². The molecule has 0 radical (unpaired) electrons. The van der Waals surface area contributed by atoms with Crippen molar-refractivity contribution in [3.8, 4) is 0 Å². The second kappa shape index (κ2) is 24.5. The van der Waals surface area contributed by atoms with Crippen LogP contribution in [0.5, 0.6) is 0 Å². The van der Waals surface area contributed by atoms with E-state index in [-0.39, 0.29) is 49.0 Å². The zero-order valence-electron chi connectivity index (χ0n) is 30.1. The Morgan fingerprint density at radius 2 is 0.957 bits per heavy atom. The van der Waals surface area contributed by atoms with Crippen LogP contribution in [0, 0.1) is 11.8 Å². The molecule has 0 saturated heterocycles. The van der Waals surface area contributed by atoms with Gasteiger partial charge in [-0.3, -0.25) is 4.79 Å². The van der Waals surface area contributed by atoms with Crippen molar-refractivity contribution < 1.29 is 36.7 Å². The summed E-state index contributed by atoms with van der Waals surface area (Å²) in [5, 5.41) is 0. The normalized spacial score (nSPS) is 19.7. The predicted octanol–water partition coefficient (Wildman–Crippen LogP) is 11.4. The Labute approximate surface area is 308 Å². The first-order chi connectivity index (χ1) is 21.1. The Balaban J connectivity index is 5.63. The highest BCUT2D eigenvalue weighted by Crippen LogP contribution is 2.67. The molecule has 0 aromatic rings. The van der Waals surface area contributed by atoms with Gasteiger partial charge in [-0.25, -0.2) is 0 Å². The molecular weight excluding hydrogens is 762 g/mol. The van der Waals surface area contributed by atoms with Gasteiger partial charge in [0.2, 0.25) is 17.1 Å². The Morgan fingerprint density at radius 3 is 1.30 bits per heavy atom. The molecule has 0 fully saturated rings. The molecule has 0 aromatic heterocycles. The zero-order chi connectivity index (χ0) is 35.7. The summed E-state index contributed by atoms with van der Waals surface area (Å²) in [6.45, 7) is 24.7. The first-order valence-corrected chi connectivity index (χ1v) is 28.7. The summed E-state index contributed by atoms with van der Waals surface area (Å²) >= 11 is 22.4. The van der Waals surface area contributed by atoms with Gasteiger partial charge in [0.05, 0.1) is 50.2 Å². The Morgan fingerprint density at radius 1 is 0.587 bits per heavy atom. The minimum absolute atomic E-state index is 0.00483. The van der Waals surface area contributed by atoms with Crippen LogP contribution in [0.2, 0.25) is 0 Å². The van der Waals surface area contributed by atoms with Crippen molar-refractivity contribution in [3.63, 3.8) is 0 Å². The molecule has 7 unspecified atom stereocenters. The highest BCUT2D eigenvalue weighted by Gasteiger charge is 2.32. The van der Waals surface area contributed by atoms with Crippen LogP contribution in [0.15, 0.2) is 0 Å². The predicted molar refractivity (Wildman–Crippen MR) is 215 cm³/mol. The molecule has 0 spiro atoms. The van der Waals surface area contributed by atoms with E-state index in [1.165, 1.54) is 41.3 Å². The van der Waals surface area contributed by atoms with Crippen LogP contribution in [-0.4, -0.2) is 67.0 Å². The smallest absolute Gasteiger partial charge is 0.306 e. The lowest BCUT2D eigenvalue weighted by Gasteiger charge is -2.32. The molecule has 0 bridgehead atoms. The first-order valence-electron chi connectivity index (χ1n) is 16.1. The number of esters is 1. The molecule has 46 heavy (non-hydrogen) atoms. The first kappa shape index (κ1) is 48.2. The van der Waals surface area contributed by atoms with Gasteiger partial charge in [-0.2, -0.15) is 0 Å². The molecule has 0 rings (SSSR count). The minimum Gasteiger partial charge on any atom is -0.469 e. The lowest BCUT2D eigenvalue weighted by atomic mass is 10.1. The van der Waals surface area contributed by atoms with Crippen molar-refractivity contribution in [2.24, 2.45) is 11.8 Å². The van der Waals surface area contributed by atoms with E-state index in [1.807, 2.05) is 34.6 Å². The van der Waals surface area contributed by atoms with Crippen molar-refractivity contribution in [2.75, 3.05) is 24.4 Å². The van der Waals surface area contributed by atoms with Gasteiger partial charge in [0.1, 0.15) is 0 Å². The summed E-state index contributed by atoms with van der Waals surface area (Å²) in [5.41, 5.74) is -8.16. The molecule has 0 saturated carbocycles. The maximum atomic E-state index is 11.6. The lowest BCUT2D eigenvalue weighted by molar-refractivity contribution is -0.140. The van der Waals surface area contributed by atoms with Crippen LogP contribution in [0.1, 0.15) is 109 Å². The Bertz CT molecular complexity index is 984. The zero-order valence-corrected chi connectivity index (χ0v) is 37.7. The molecule has 0 aliphatic carbocycles. The number of carbonyl (C=O) groups excluding carboxylic acids is 1. The van der Waals surface area contributed by atoms with Crippen molar-refractivity contribution in [1.29, 1.82) is 0 Å². The SMILES string of the molecule is CCC(C)OP(=S)(OC(C)CSP(=S)(OC(C)CC(C)C)OC(C)CC(C)C)SCC(C)OP(=S)(OC(C)C)SCCC(=O)OC. The minimum atomic E-state index is -2.79. The van der Waals surface area contributed by atoms with E-state index in [9.17, 15) is 4.79 Å². The molecular formula is C29H61O8P3S6. The third-order valence-corrected chi connectivity index (χ3v) is 22.4. The summed E-state index contributed by atoms with van der Waals surface area (Å²) < 4.78 is 43.0. The fourth-order valence-corrected chi connectivity index (χ4v) is 20.8. The van der Waals surface area contributed by atoms with E-state index < -0.39 is 17.1 Å². The Hall–Kier alpha value is 2.23. The van der Waals surface area contributed by atoms with Gasteiger partial charge in [0, 0.05) is 17.3 Å². The topological polar surface area (TPSA) is 81.7 Å². The summed E-state index contributed by atoms with van der Waals surface area (Å²) in [7, 11) is 1.37. The van der Waals surface area contributed by atoms with Crippen LogP contribution >= 0.6 is 51.2 Å². The van der Waals surface area contributed by atoms with Gasteiger partial charge < -0.3 is 31.9 Å². The highest BCUT2D eigenvalue weighted by atomic mass is 32.9. The maximum absolute atomic E-state index is 11.6. The van der Waals surface area contributed by atoms with E-state index in [4.69, 9.17) is 67.3 Å². The number of ether oxygens (including phenoxy) is 1. The van der Waals surface area contributed by atoms with Crippen molar-refractivity contribution >= 4 is 92.6 Å². The van der Waals surface area contributed by atoms with Crippen LogP contribution in [0.3, 0.4) is 0 Å². The summed E-state index contributed by atoms with van der Waals surface area (Å²) in [4.78, 5) is 11.6. The van der Waals surface area contributed by atoms with Gasteiger partial charge in [0.15, 0.2) is 0 Å². The van der Waals surface area contributed by atoms with E-state index in [0.717, 1.165) is 19.3 Å². The van der Waals surface area contributed by atoms with Gasteiger partial charge in [-0.15, -0.1) is 0 Å².